The number of amides is 1. The monoisotopic (exact) mass is 412 g/mol. The van der Waals surface area contributed by atoms with Crippen LogP contribution in [0.15, 0.2) is 54.6 Å². The molecule has 0 aromatic heterocycles. The lowest BCUT2D eigenvalue weighted by Gasteiger charge is -2.28. The van der Waals surface area contributed by atoms with Gasteiger partial charge in [-0.15, -0.1) is 0 Å². The number of rotatable bonds is 7. The Bertz CT molecular complexity index is 835. The summed E-state index contributed by atoms with van der Waals surface area (Å²) in [4.78, 5) is 12.3. The van der Waals surface area contributed by atoms with E-state index in [4.69, 9.17) is 4.74 Å². The Balaban J connectivity index is 1.66. The first-order valence-electron chi connectivity index (χ1n) is 10.4. The lowest BCUT2D eigenvalue weighted by atomic mass is 10.0. The first-order chi connectivity index (χ1) is 14.2. The molecular formula is C24H32N2O4. The van der Waals surface area contributed by atoms with Crippen LogP contribution in [-0.2, 0) is 17.6 Å². The molecule has 0 heterocycles. The fourth-order valence-corrected chi connectivity index (χ4v) is 3.82. The summed E-state index contributed by atoms with van der Waals surface area (Å²) in [5.41, 5.74) is 2.55. The molecule has 2 aromatic carbocycles. The molecule has 30 heavy (non-hydrogen) atoms. The Morgan fingerprint density at radius 1 is 1.13 bits per heavy atom. The molecule has 3 rings (SSSR count). The van der Waals surface area contributed by atoms with Crippen LogP contribution in [0.2, 0.25) is 0 Å². The molecule has 4 atom stereocenters. The number of hydrogen-bond acceptors (Lipinski definition) is 5. The Hall–Kier alpha value is -2.41. The number of ether oxygens (including phenoxy) is 1. The second-order valence-electron chi connectivity index (χ2n) is 8.87. The maximum Gasteiger partial charge on any atom is 0.407 e. The number of nitrogens with one attached hydrogen (secondary N) is 2. The molecule has 0 fully saturated rings. The molecule has 2 aromatic rings. The van der Waals surface area contributed by atoms with Crippen molar-refractivity contribution >= 4 is 6.09 Å². The molecule has 0 radical (unpaired) electrons. The number of benzene rings is 2. The summed E-state index contributed by atoms with van der Waals surface area (Å²) < 4.78 is 5.38. The van der Waals surface area contributed by atoms with Gasteiger partial charge >= 0.3 is 6.09 Å². The van der Waals surface area contributed by atoms with E-state index in [-0.39, 0.29) is 12.6 Å². The SMILES string of the molecule is CC(C)(C)OC(=O)N[C@@H](Cc1ccccc1)[C@@H](O)CN[C@@H]1c2ccccc2C[C@@H]1O. The molecule has 6 heteroatoms. The summed E-state index contributed by atoms with van der Waals surface area (Å²) in [6.45, 7) is 5.63. The highest BCUT2D eigenvalue weighted by Gasteiger charge is 2.32. The minimum atomic E-state index is -0.863. The van der Waals surface area contributed by atoms with Crippen molar-refractivity contribution in [1.82, 2.24) is 10.6 Å². The second-order valence-corrected chi connectivity index (χ2v) is 8.87. The summed E-state index contributed by atoms with van der Waals surface area (Å²) in [5, 5.41) is 27.4. The fraction of sp³-hybridized carbons (Fsp3) is 0.458. The van der Waals surface area contributed by atoms with Gasteiger partial charge in [0, 0.05) is 13.0 Å². The second kappa shape index (κ2) is 9.60. The van der Waals surface area contributed by atoms with Gasteiger partial charge in [-0.1, -0.05) is 54.6 Å². The van der Waals surface area contributed by atoms with Gasteiger partial charge in [0.1, 0.15) is 5.60 Å². The normalized spacial score (nSPS) is 20.3. The van der Waals surface area contributed by atoms with Gasteiger partial charge in [-0.2, -0.15) is 0 Å². The van der Waals surface area contributed by atoms with Crippen molar-refractivity contribution in [3.8, 4) is 0 Å². The minimum Gasteiger partial charge on any atom is -0.444 e. The number of aliphatic hydroxyl groups excluding tert-OH is 2. The average molecular weight is 413 g/mol. The van der Waals surface area contributed by atoms with Gasteiger partial charge in [-0.25, -0.2) is 4.79 Å². The summed E-state index contributed by atoms with van der Waals surface area (Å²) in [6, 6.07) is 16.8. The van der Waals surface area contributed by atoms with Crippen LogP contribution >= 0.6 is 0 Å². The third-order valence-electron chi connectivity index (χ3n) is 5.22. The summed E-state index contributed by atoms with van der Waals surface area (Å²) >= 11 is 0. The van der Waals surface area contributed by atoms with Crippen molar-refractivity contribution in [1.29, 1.82) is 0 Å². The molecule has 0 spiro atoms. The van der Waals surface area contributed by atoms with Crippen LogP contribution in [0.4, 0.5) is 4.79 Å². The number of fused-ring (bicyclic) bond motifs is 1. The molecule has 1 aliphatic rings. The predicted octanol–water partition coefficient (Wildman–Crippen LogP) is 2.73. The lowest BCUT2D eigenvalue weighted by Crippen LogP contribution is -2.50. The van der Waals surface area contributed by atoms with Gasteiger partial charge in [0.05, 0.1) is 24.3 Å². The van der Waals surface area contributed by atoms with E-state index in [2.05, 4.69) is 10.6 Å². The van der Waals surface area contributed by atoms with Gasteiger partial charge in [0.15, 0.2) is 0 Å². The van der Waals surface area contributed by atoms with Crippen molar-refractivity contribution < 1.29 is 19.7 Å². The van der Waals surface area contributed by atoms with Crippen LogP contribution in [0.5, 0.6) is 0 Å². The third-order valence-corrected chi connectivity index (χ3v) is 5.22. The molecule has 0 bridgehead atoms. The number of carbonyl (C=O) groups is 1. The van der Waals surface area contributed by atoms with E-state index in [1.807, 2.05) is 54.6 Å². The molecule has 0 saturated heterocycles. The quantitative estimate of drug-likeness (QED) is 0.561. The van der Waals surface area contributed by atoms with Crippen LogP contribution in [-0.4, -0.2) is 46.7 Å². The van der Waals surface area contributed by atoms with Crippen molar-refractivity contribution in [3.63, 3.8) is 0 Å². The Labute approximate surface area is 178 Å². The zero-order valence-corrected chi connectivity index (χ0v) is 17.8. The van der Waals surface area contributed by atoms with E-state index in [1.165, 1.54) is 0 Å². The van der Waals surface area contributed by atoms with E-state index >= 15 is 0 Å². The van der Waals surface area contributed by atoms with Crippen LogP contribution in [0.1, 0.15) is 43.5 Å². The molecule has 1 amide bonds. The molecule has 0 saturated carbocycles. The van der Waals surface area contributed by atoms with Gasteiger partial charge < -0.3 is 25.6 Å². The standard InChI is InChI=1S/C24H32N2O4/c1-24(2,3)30-23(29)26-19(13-16-9-5-4-6-10-16)21(28)15-25-22-18-12-8-7-11-17(18)14-20(22)27/h4-12,19-22,25,27-28H,13-15H2,1-3H3,(H,26,29)/t19-,20-,21-,22+/m0/s1. The van der Waals surface area contributed by atoms with E-state index in [0.717, 1.165) is 16.7 Å². The lowest BCUT2D eigenvalue weighted by molar-refractivity contribution is 0.0410. The highest BCUT2D eigenvalue weighted by atomic mass is 16.6. The van der Waals surface area contributed by atoms with E-state index in [1.54, 1.807) is 20.8 Å². The fourth-order valence-electron chi connectivity index (χ4n) is 3.82. The number of alkyl carbamates (subject to hydrolysis) is 1. The third kappa shape index (κ3) is 6.05. The molecule has 162 valence electrons. The van der Waals surface area contributed by atoms with Crippen LogP contribution in [0.25, 0.3) is 0 Å². The molecule has 4 N–H and O–H groups in total. The zero-order valence-electron chi connectivity index (χ0n) is 17.8. The molecule has 0 unspecified atom stereocenters. The van der Waals surface area contributed by atoms with Gasteiger partial charge in [0.25, 0.3) is 0 Å². The van der Waals surface area contributed by atoms with Crippen LogP contribution in [0, 0.1) is 0 Å². The highest BCUT2D eigenvalue weighted by molar-refractivity contribution is 5.68. The first-order valence-corrected chi connectivity index (χ1v) is 10.4. The van der Waals surface area contributed by atoms with Gasteiger partial charge in [0.2, 0.25) is 0 Å². The number of aliphatic hydroxyl groups is 2. The first kappa shape index (κ1) is 22.3. The largest absolute Gasteiger partial charge is 0.444 e. The van der Waals surface area contributed by atoms with Gasteiger partial charge in [-0.3, -0.25) is 0 Å². The maximum atomic E-state index is 12.3. The Kier molecular flexibility index (Phi) is 7.13. The van der Waals surface area contributed by atoms with E-state index in [9.17, 15) is 15.0 Å². The number of hydrogen-bond donors (Lipinski definition) is 4. The van der Waals surface area contributed by atoms with Crippen LogP contribution < -0.4 is 10.6 Å². The van der Waals surface area contributed by atoms with Crippen molar-refractivity contribution in [2.45, 2.75) is 63.5 Å². The minimum absolute atomic E-state index is 0.226. The topological polar surface area (TPSA) is 90.8 Å². The molecular weight excluding hydrogens is 380 g/mol. The highest BCUT2D eigenvalue weighted by Crippen LogP contribution is 2.31. The molecule has 1 aliphatic carbocycles. The molecule has 6 nitrogen and oxygen atoms in total. The van der Waals surface area contributed by atoms with E-state index in [0.29, 0.717) is 12.8 Å². The van der Waals surface area contributed by atoms with E-state index < -0.39 is 29.9 Å². The van der Waals surface area contributed by atoms with Crippen molar-refractivity contribution in [2.75, 3.05) is 6.54 Å². The molecule has 0 aliphatic heterocycles. The smallest absolute Gasteiger partial charge is 0.407 e. The number of carbonyl (C=O) groups excluding carboxylic acids is 1. The average Bonchev–Trinajstić information content (AvgIpc) is 3.00. The van der Waals surface area contributed by atoms with Crippen molar-refractivity contribution in [3.05, 3.63) is 71.3 Å². The van der Waals surface area contributed by atoms with Crippen LogP contribution in [0.3, 0.4) is 0 Å². The van der Waals surface area contributed by atoms with Crippen molar-refractivity contribution in [2.24, 2.45) is 0 Å². The maximum absolute atomic E-state index is 12.3. The summed E-state index contributed by atoms with van der Waals surface area (Å²) in [6.07, 6.45) is -0.910. The Morgan fingerprint density at radius 3 is 2.50 bits per heavy atom. The zero-order chi connectivity index (χ0) is 21.7. The summed E-state index contributed by atoms with van der Waals surface area (Å²) in [5.74, 6) is 0. The summed E-state index contributed by atoms with van der Waals surface area (Å²) in [7, 11) is 0. The predicted molar refractivity (Wildman–Crippen MR) is 116 cm³/mol. The van der Waals surface area contributed by atoms with Gasteiger partial charge in [-0.05, 0) is 43.9 Å². The Morgan fingerprint density at radius 2 is 1.80 bits per heavy atom.